The Labute approximate surface area is 96.3 Å². The molecule has 16 heavy (non-hydrogen) atoms. The zero-order valence-corrected chi connectivity index (χ0v) is 9.78. The summed E-state index contributed by atoms with van der Waals surface area (Å²) >= 11 is 0. The number of aldehydes is 1. The van der Waals surface area contributed by atoms with Gasteiger partial charge in [0.1, 0.15) is 5.82 Å². The van der Waals surface area contributed by atoms with Gasteiger partial charge in [0.2, 0.25) is 0 Å². The third kappa shape index (κ3) is 2.65. The molecule has 1 aromatic rings. The van der Waals surface area contributed by atoms with Gasteiger partial charge in [-0.2, -0.15) is 0 Å². The van der Waals surface area contributed by atoms with Gasteiger partial charge in [-0.3, -0.25) is 4.79 Å². The second-order valence-electron chi connectivity index (χ2n) is 4.65. The van der Waals surface area contributed by atoms with Gasteiger partial charge in [0.15, 0.2) is 6.29 Å². The molecule has 0 unspecified atom stereocenters. The van der Waals surface area contributed by atoms with Gasteiger partial charge < -0.3 is 0 Å². The minimum absolute atomic E-state index is 0.663. The van der Waals surface area contributed by atoms with Gasteiger partial charge in [-0.25, -0.2) is 9.97 Å². The van der Waals surface area contributed by atoms with E-state index in [1.54, 1.807) is 6.20 Å². The summed E-state index contributed by atoms with van der Waals surface area (Å²) in [5.41, 5.74) is 1.60. The molecule has 0 aliphatic heterocycles. The molecule has 2 rings (SSSR count). The molecule has 1 heterocycles. The van der Waals surface area contributed by atoms with Crippen LogP contribution in [0.15, 0.2) is 6.20 Å². The van der Waals surface area contributed by atoms with Crippen molar-refractivity contribution in [3.05, 3.63) is 23.3 Å². The van der Waals surface area contributed by atoms with E-state index in [-0.39, 0.29) is 0 Å². The summed E-state index contributed by atoms with van der Waals surface area (Å²) in [5.74, 6) is 1.47. The van der Waals surface area contributed by atoms with Crippen molar-refractivity contribution in [2.75, 3.05) is 0 Å². The van der Waals surface area contributed by atoms with E-state index < -0.39 is 0 Å². The molecule has 86 valence electrons. The summed E-state index contributed by atoms with van der Waals surface area (Å²) in [6, 6.07) is 0. The van der Waals surface area contributed by atoms with Crippen LogP contribution >= 0.6 is 0 Å². The first kappa shape index (κ1) is 11.2. The van der Waals surface area contributed by atoms with Crippen LogP contribution in [0, 0.1) is 12.8 Å². The number of rotatable bonds is 3. The van der Waals surface area contributed by atoms with E-state index in [0.29, 0.717) is 11.5 Å². The second-order valence-corrected chi connectivity index (χ2v) is 4.65. The molecule has 3 heteroatoms. The van der Waals surface area contributed by atoms with Crippen LogP contribution in [0.4, 0.5) is 0 Å². The van der Waals surface area contributed by atoms with Crippen molar-refractivity contribution in [1.29, 1.82) is 0 Å². The summed E-state index contributed by atoms with van der Waals surface area (Å²) in [6.45, 7) is 1.87. The zero-order chi connectivity index (χ0) is 11.4. The number of nitrogens with zero attached hydrogens (tertiary/aromatic N) is 2. The van der Waals surface area contributed by atoms with E-state index in [1.807, 2.05) is 6.92 Å². The molecule has 0 saturated heterocycles. The second kappa shape index (κ2) is 5.19. The van der Waals surface area contributed by atoms with Crippen molar-refractivity contribution >= 4 is 6.29 Å². The Kier molecular flexibility index (Phi) is 3.65. The number of carbonyl (C=O) groups excluding carboxylic acids is 1. The van der Waals surface area contributed by atoms with Crippen LogP contribution in [0.5, 0.6) is 0 Å². The Morgan fingerprint density at radius 1 is 1.38 bits per heavy atom. The Morgan fingerprint density at radius 2 is 2.12 bits per heavy atom. The topological polar surface area (TPSA) is 42.9 Å². The van der Waals surface area contributed by atoms with Crippen LogP contribution in [0.3, 0.4) is 0 Å². The lowest BCUT2D eigenvalue weighted by Gasteiger charge is -2.21. The molecule has 1 saturated carbocycles. The third-order valence-corrected chi connectivity index (χ3v) is 3.35. The van der Waals surface area contributed by atoms with Crippen molar-refractivity contribution in [3.8, 4) is 0 Å². The Bertz CT molecular complexity index is 370. The number of aryl methyl sites for hydroxylation is 1. The predicted molar refractivity (Wildman–Crippen MR) is 62.4 cm³/mol. The van der Waals surface area contributed by atoms with Crippen molar-refractivity contribution in [3.63, 3.8) is 0 Å². The van der Waals surface area contributed by atoms with E-state index in [0.717, 1.165) is 24.2 Å². The van der Waals surface area contributed by atoms with Crippen LogP contribution in [0.2, 0.25) is 0 Å². The summed E-state index contributed by atoms with van der Waals surface area (Å²) in [6.07, 6.45) is 10.0. The number of hydrogen-bond donors (Lipinski definition) is 0. The quantitative estimate of drug-likeness (QED) is 0.733. The molecule has 3 nitrogen and oxygen atoms in total. The highest BCUT2D eigenvalue weighted by Crippen LogP contribution is 2.26. The van der Waals surface area contributed by atoms with Gasteiger partial charge in [0, 0.05) is 6.20 Å². The highest BCUT2D eigenvalue weighted by Gasteiger charge is 2.16. The maximum Gasteiger partial charge on any atom is 0.153 e. The average Bonchev–Trinajstić information content (AvgIpc) is 2.31. The van der Waals surface area contributed by atoms with Crippen molar-refractivity contribution in [2.24, 2.45) is 5.92 Å². The SMILES string of the molecule is Cc1ncc(C=O)c(CC2CCCCC2)n1. The zero-order valence-electron chi connectivity index (χ0n) is 9.78. The van der Waals surface area contributed by atoms with Crippen LogP contribution in [0.25, 0.3) is 0 Å². The fourth-order valence-electron chi connectivity index (χ4n) is 2.45. The number of hydrogen-bond acceptors (Lipinski definition) is 3. The van der Waals surface area contributed by atoms with E-state index in [1.165, 1.54) is 32.1 Å². The molecule has 1 fully saturated rings. The lowest BCUT2D eigenvalue weighted by Crippen LogP contribution is -2.12. The summed E-state index contributed by atoms with van der Waals surface area (Å²) in [7, 11) is 0. The normalized spacial score (nSPS) is 17.3. The summed E-state index contributed by atoms with van der Waals surface area (Å²) in [4.78, 5) is 19.4. The summed E-state index contributed by atoms with van der Waals surface area (Å²) < 4.78 is 0. The van der Waals surface area contributed by atoms with E-state index in [2.05, 4.69) is 9.97 Å². The lowest BCUT2D eigenvalue weighted by molar-refractivity contribution is 0.112. The first-order valence-corrected chi connectivity index (χ1v) is 6.07. The standard InChI is InChI=1S/C13H18N2O/c1-10-14-8-12(9-16)13(15-10)7-11-5-3-2-4-6-11/h8-9,11H,2-7H2,1H3. The minimum Gasteiger partial charge on any atom is -0.298 e. The predicted octanol–water partition coefficient (Wildman–Crippen LogP) is 2.72. The molecule has 1 aliphatic carbocycles. The lowest BCUT2D eigenvalue weighted by atomic mass is 9.85. The monoisotopic (exact) mass is 218 g/mol. The third-order valence-electron chi connectivity index (χ3n) is 3.35. The maximum absolute atomic E-state index is 10.9. The van der Waals surface area contributed by atoms with E-state index in [9.17, 15) is 4.79 Å². The highest BCUT2D eigenvalue weighted by atomic mass is 16.1. The Morgan fingerprint density at radius 3 is 2.81 bits per heavy atom. The molecule has 0 atom stereocenters. The van der Waals surface area contributed by atoms with E-state index >= 15 is 0 Å². The van der Waals surface area contributed by atoms with Gasteiger partial charge >= 0.3 is 0 Å². The molecule has 1 aromatic heterocycles. The molecule has 0 N–H and O–H groups in total. The minimum atomic E-state index is 0.663. The van der Waals surface area contributed by atoms with Crippen molar-refractivity contribution in [2.45, 2.75) is 45.4 Å². The Hall–Kier alpha value is -1.25. The Balaban J connectivity index is 2.12. The summed E-state index contributed by atoms with van der Waals surface area (Å²) in [5, 5.41) is 0. The van der Waals surface area contributed by atoms with Gasteiger partial charge in [0.25, 0.3) is 0 Å². The van der Waals surface area contributed by atoms with Gasteiger partial charge in [-0.15, -0.1) is 0 Å². The van der Waals surface area contributed by atoms with Gasteiger partial charge in [-0.1, -0.05) is 32.1 Å². The fourth-order valence-corrected chi connectivity index (χ4v) is 2.45. The highest BCUT2D eigenvalue weighted by molar-refractivity contribution is 5.75. The van der Waals surface area contributed by atoms with Gasteiger partial charge in [0.05, 0.1) is 11.3 Å². The molecule has 0 aromatic carbocycles. The maximum atomic E-state index is 10.9. The average molecular weight is 218 g/mol. The molecule has 0 bridgehead atoms. The molecule has 0 spiro atoms. The molecular weight excluding hydrogens is 200 g/mol. The van der Waals surface area contributed by atoms with Crippen molar-refractivity contribution in [1.82, 2.24) is 9.97 Å². The number of aromatic nitrogens is 2. The first-order chi connectivity index (χ1) is 7.79. The largest absolute Gasteiger partial charge is 0.298 e. The molecule has 1 aliphatic rings. The van der Waals surface area contributed by atoms with E-state index in [4.69, 9.17) is 0 Å². The van der Waals surface area contributed by atoms with Crippen LogP contribution in [-0.2, 0) is 6.42 Å². The van der Waals surface area contributed by atoms with Crippen molar-refractivity contribution < 1.29 is 4.79 Å². The molecule has 0 amide bonds. The fraction of sp³-hybridized carbons (Fsp3) is 0.615. The smallest absolute Gasteiger partial charge is 0.153 e. The van der Waals surface area contributed by atoms with Crippen LogP contribution in [-0.4, -0.2) is 16.3 Å². The number of carbonyl (C=O) groups is 1. The molecular formula is C13H18N2O. The van der Waals surface area contributed by atoms with Crippen LogP contribution in [0.1, 0.15) is 54.0 Å². The van der Waals surface area contributed by atoms with Gasteiger partial charge in [-0.05, 0) is 19.3 Å². The first-order valence-electron chi connectivity index (χ1n) is 6.07. The molecule has 0 radical (unpaired) electrons. The van der Waals surface area contributed by atoms with Crippen LogP contribution < -0.4 is 0 Å².